The second-order valence-corrected chi connectivity index (χ2v) is 4.60. The lowest BCUT2D eigenvalue weighted by Crippen LogP contribution is -2.28. The summed E-state index contributed by atoms with van der Waals surface area (Å²) in [6, 6.07) is 5.94. The molecule has 4 heteroatoms. The molecule has 0 radical (unpaired) electrons. The summed E-state index contributed by atoms with van der Waals surface area (Å²) < 4.78 is 8.07. The number of rotatable bonds is 3. The van der Waals surface area contributed by atoms with Crippen molar-refractivity contribution >= 4 is 5.65 Å². The van der Waals surface area contributed by atoms with Crippen LogP contribution in [0.4, 0.5) is 0 Å². The number of ether oxygens (including phenoxy) is 1. The van der Waals surface area contributed by atoms with Gasteiger partial charge in [0.15, 0.2) is 5.88 Å². The van der Waals surface area contributed by atoms with Crippen molar-refractivity contribution < 1.29 is 4.74 Å². The smallest absolute Gasteiger partial charge is 0.199 e. The quantitative estimate of drug-likeness (QED) is 0.877. The fourth-order valence-corrected chi connectivity index (χ4v) is 2.60. The number of imidazole rings is 1. The van der Waals surface area contributed by atoms with Gasteiger partial charge in [0.05, 0.1) is 0 Å². The fourth-order valence-electron chi connectivity index (χ4n) is 2.60. The molecule has 2 atom stereocenters. The molecule has 0 aliphatic heterocycles. The van der Waals surface area contributed by atoms with Crippen molar-refractivity contribution in [1.82, 2.24) is 9.38 Å². The SMILES string of the molecule is NCC1CCCC1Oc1cccc2nccn12. The van der Waals surface area contributed by atoms with Crippen LogP contribution in [-0.2, 0) is 0 Å². The van der Waals surface area contributed by atoms with Crippen LogP contribution in [0.2, 0.25) is 0 Å². The van der Waals surface area contributed by atoms with Crippen molar-refractivity contribution in [1.29, 1.82) is 0 Å². The van der Waals surface area contributed by atoms with E-state index in [9.17, 15) is 0 Å². The lowest BCUT2D eigenvalue weighted by atomic mass is 10.1. The van der Waals surface area contributed by atoms with Crippen LogP contribution < -0.4 is 10.5 Å². The number of hydrogen-bond acceptors (Lipinski definition) is 3. The molecule has 4 nitrogen and oxygen atoms in total. The van der Waals surface area contributed by atoms with Crippen LogP contribution in [0.25, 0.3) is 5.65 Å². The van der Waals surface area contributed by atoms with Crippen LogP contribution in [0.5, 0.6) is 5.88 Å². The summed E-state index contributed by atoms with van der Waals surface area (Å²) in [6.45, 7) is 0.713. The monoisotopic (exact) mass is 231 g/mol. The molecule has 1 fully saturated rings. The van der Waals surface area contributed by atoms with Crippen LogP contribution in [0.15, 0.2) is 30.6 Å². The van der Waals surface area contributed by atoms with Gasteiger partial charge in [-0.25, -0.2) is 4.98 Å². The summed E-state index contributed by atoms with van der Waals surface area (Å²) in [5.41, 5.74) is 6.69. The van der Waals surface area contributed by atoms with E-state index in [1.807, 2.05) is 28.8 Å². The predicted octanol–water partition coefficient (Wildman–Crippen LogP) is 1.84. The topological polar surface area (TPSA) is 52.5 Å². The third-order valence-corrected chi connectivity index (χ3v) is 3.56. The minimum absolute atomic E-state index is 0.257. The lowest BCUT2D eigenvalue weighted by Gasteiger charge is -2.20. The molecule has 2 aromatic rings. The summed E-state index contributed by atoms with van der Waals surface area (Å²) in [5.74, 6) is 1.36. The molecular formula is C13H17N3O. The highest BCUT2D eigenvalue weighted by atomic mass is 16.5. The number of nitrogens with two attached hydrogens (primary N) is 1. The zero-order chi connectivity index (χ0) is 11.7. The van der Waals surface area contributed by atoms with Gasteiger partial charge < -0.3 is 10.5 Å². The third-order valence-electron chi connectivity index (χ3n) is 3.56. The summed E-state index contributed by atoms with van der Waals surface area (Å²) >= 11 is 0. The molecule has 17 heavy (non-hydrogen) atoms. The first-order chi connectivity index (χ1) is 8.38. The van der Waals surface area contributed by atoms with Crippen LogP contribution in [0.3, 0.4) is 0 Å². The van der Waals surface area contributed by atoms with Gasteiger partial charge in [0.1, 0.15) is 11.8 Å². The Hall–Kier alpha value is -1.55. The Labute approximate surface area is 100 Å². The molecular weight excluding hydrogens is 214 g/mol. The number of aromatic nitrogens is 2. The van der Waals surface area contributed by atoms with E-state index in [0.29, 0.717) is 12.5 Å². The van der Waals surface area contributed by atoms with Crippen molar-refractivity contribution in [2.45, 2.75) is 25.4 Å². The molecule has 1 saturated carbocycles. The van der Waals surface area contributed by atoms with Crippen molar-refractivity contribution in [3.05, 3.63) is 30.6 Å². The maximum atomic E-state index is 6.09. The minimum Gasteiger partial charge on any atom is -0.475 e. The molecule has 2 heterocycles. The highest BCUT2D eigenvalue weighted by Gasteiger charge is 2.28. The molecule has 2 unspecified atom stereocenters. The maximum absolute atomic E-state index is 6.09. The van der Waals surface area contributed by atoms with E-state index in [2.05, 4.69) is 4.98 Å². The average Bonchev–Trinajstić information content (AvgIpc) is 2.97. The van der Waals surface area contributed by atoms with E-state index in [-0.39, 0.29) is 6.10 Å². The number of fused-ring (bicyclic) bond motifs is 1. The first kappa shape index (κ1) is 10.6. The molecule has 2 aromatic heterocycles. The van der Waals surface area contributed by atoms with Crippen LogP contribution >= 0.6 is 0 Å². The molecule has 0 aromatic carbocycles. The van der Waals surface area contributed by atoms with Gasteiger partial charge in [-0.05, 0) is 37.9 Å². The predicted molar refractivity (Wildman–Crippen MR) is 66.0 cm³/mol. The highest BCUT2D eigenvalue weighted by Crippen LogP contribution is 2.29. The van der Waals surface area contributed by atoms with E-state index >= 15 is 0 Å². The number of hydrogen-bond donors (Lipinski definition) is 1. The molecule has 0 saturated heterocycles. The van der Waals surface area contributed by atoms with Gasteiger partial charge in [-0.15, -0.1) is 0 Å². The van der Waals surface area contributed by atoms with E-state index in [1.54, 1.807) is 6.20 Å². The largest absolute Gasteiger partial charge is 0.475 e. The first-order valence-electron chi connectivity index (χ1n) is 6.17. The average molecular weight is 231 g/mol. The Bertz CT molecular complexity index is 508. The summed E-state index contributed by atoms with van der Waals surface area (Å²) in [6.07, 6.45) is 7.47. The fraction of sp³-hybridized carbons (Fsp3) is 0.462. The summed E-state index contributed by atoms with van der Waals surface area (Å²) in [4.78, 5) is 4.25. The molecule has 1 aliphatic rings. The minimum atomic E-state index is 0.257. The van der Waals surface area contributed by atoms with Crippen LogP contribution in [0, 0.1) is 5.92 Å². The van der Waals surface area contributed by atoms with Gasteiger partial charge in [0, 0.05) is 18.3 Å². The molecule has 0 amide bonds. The second-order valence-electron chi connectivity index (χ2n) is 4.60. The van der Waals surface area contributed by atoms with Gasteiger partial charge in [0.25, 0.3) is 0 Å². The molecule has 90 valence electrons. The second kappa shape index (κ2) is 4.37. The third kappa shape index (κ3) is 1.89. The molecule has 1 aliphatic carbocycles. The number of nitrogens with zero attached hydrogens (tertiary/aromatic N) is 2. The van der Waals surface area contributed by atoms with Crippen LogP contribution in [0.1, 0.15) is 19.3 Å². The van der Waals surface area contributed by atoms with Crippen molar-refractivity contribution in [2.75, 3.05) is 6.54 Å². The Kier molecular flexibility index (Phi) is 2.73. The van der Waals surface area contributed by atoms with Gasteiger partial charge in [0.2, 0.25) is 0 Å². The lowest BCUT2D eigenvalue weighted by molar-refractivity contribution is 0.153. The van der Waals surface area contributed by atoms with E-state index in [0.717, 1.165) is 17.9 Å². The van der Waals surface area contributed by atoms with Gasteiger partial charge in [-0.1, -0.05) is 6.07 Å². The maximum Gasteiger partial charge on any atom is 0.199 e. The molecule has 0 spiro atoms. The molecule has 0 bridgehead atoms. The van der Waals surface area contributed by atoms with Gasteiger partial charge >= 0.3 is 0 Å². The Morgan fingerprint density at radius 3 is 3.24 bits per heavy atom. The van der Waals surface area contributed by atoms with Gasteiger partial charge in [-0.3, -0.25) is 4.40 Å². The standard InChI is InChI=1S/C13H17N3O/c14-9-10-3-1-4-11(10)17-13-6-2-5-12-15-7-8-16(12)13/h2,5-8,10-11H,1,3-4,9,14H2. The van der Waals surface area contributed by atoms with Gasteiger partial charge in [-0.2, -0.15) is 0 Å². The Morgan fingerprint density at radius 1 is 1.41 bits per heavy atom. The van der Waals surface area contributed by atoms with E-state index in [1.165, 1.54) is 12.8 Å². The Morgan fingerprint density at radius 2 is 2.35 bits per heavy atom. The van der Waals surface area contributed by atoms with E-state index < -0.39 is 0 Å². The zero-order valence-electron chi connectivity index (χ0n) is 9.75. The van der Waals surface area contributed by atoms with E-state index in [4.69, 9.17) is 10.5 Å². The number of pyridine rings is 1. The van der Waals surface area contributed by atoms with Crippen molar-refractivity contribution in [3.8, 4) is 5.88 Å². The van der Waals surface area contributed by atoms with Crippen molar-refractivity contribution in [3.63, 3.8) is 0 Å². The molecule has 3 rings (SSSR count). The van der Waals surface area contributed by atoms with Crippen LogP contribution in [-0.4, -0.2) is 22.0 Å². The van der Waals surface area contributed by atoms with Crippen molar-refractivity contribution in [2.24, 2.45) is 11.7 Å². The highest BCUT2D eigenvalue weighted by molar-refractivity contribution is 5.41. The summed E-state index contributed by atoms with van der Waals surface area (Å²) in [5, 5.41) is 0. The normalized spacial score (nSPS) is 24.3. The Balaban J connectivity index is 1.87. The summed E-state index contributed by atoms with van der Waals surface area (Å²) in [7, 11) is 0. The zero-order valence-corrected chi connectivity index (χ0v) is 9.75. The molecule has 2 N–H and O–H groups in total. The first-order valence-corrected chi connectivity index (χ1v) is 6.17.